The molecular weight excluding hydrogens is 433 g/mol. The molecule has 0 atom stereocenters. The molecule has 1 aliphatic heterocycles. The molecule has 1 aromatic rings. The highest BCUT2D eigenvalue weighted by Gasteiger charge is 2.19. The van der Waals surface area contributed by atoms with Crippen LogP contribution in [0.4, 0.5) is 5.95 Å². The number of anilines is 1. The third-order valence-corrected chi connectivity index (χ3v) is 3.92. The molecular formula is C12H22IN7O2S. The number of nitrogens with zero attached hydrogens (tertiary/aromatic N) is 5. The van der Waals surface area contributed by atoms with E-state index in [1.54, 1.807) is 18.5 Å². The molecule has 9 nitrogen and oxygen atoms in total. The van der Waals surface area contributed by atoms with Crippen LogP contribution in [0.1, 0.15) is 0 Å². The third kappa shape index (κ3) is 6.83. The van der Waals surface area contributed by atoms with Crippen LogP contribution in [0, 0.1) is 0 Å². The molecule has 1 saturated heterocycles. The fourth-order valence-electron chi connectivity index (χ4n) is 2.09. The third-order valence-electron chi connectivity index (χ3n) is 3.19. The largest absolute Gasteiger partial charge is 0.370 e. The first-order chi connectivity index (χ1) is 10.5. The minimum Gasteiger partial charge on any atom is -0.370 e. The van der Waals surface area contributed by atoms with Crippen LogP contribution in [0.25, 0.3) is 0 Å². The molecule has 1 aromatic heterocycles. The van der Waals surface area contributed by atoms with Gasteiger partial charge in [-0.3, -0.25) is 4.99 Å². The number of sulfonamides is 1. The van der Waals surface area contributed by atoms with Crippen molar-refractivity contribution < 1.29 is 8.42 Å². The number of aliphatic imine (C=N–C) groups is 1. The second-order valence-corrected chi connectivity index (χ2v) is 6.76. The molecule has 23 heavy (non-hydrogen) atoms. The van der Waals surface area contributed by atoms with Crippen molar-refractivity contribution in [2.75, 3.05) is 50.4 Å². The molecule has 11 heteroatoms. The number of nitrogens with two attached hydrogens (primary N) is 1. The van der Waals surface area contributed by atoms with Crippen LogP contribution in [0.15, 0.2) is 23.5 Å². The summed E-state index contributed by atoms with van der Waals surface area (Å²) in [5.41, 5.74) is 5.93. The smallest absolute Gasteiger partial charge is 0.225 e. The molecule has 0 saturated carbocycles. The SMILES string of the molecule is CS(=O)(=O)NCCN=C(N)N1CCN(c2ncccn2)CC1.I. The maximum atomic E-state index is 10.9. The fraction of sp³-hybridized carbons (Fsp3) is 0.583. The van der Waals surface area contributed by atoms with Crippen molar-refractivity contribution in [3.63, 3.8) is 0 Å². The highest BCUT2D eigenvalue weighted by Crippen LogP contribution is 2.09. The van der Waals surface area contributed by atoms with Gasteiger partial charge in [-0.1, -0.05) is 0 Å². The molecule has 1 fully saturated rings. The molecule has 2 heterocycles. The van der Waals surface area contributed by atoms with Crippen molar-refractivity contribution in [3.05, 3.63) is 18.5 Å². The summed E-state index contributed by atoms with van der Waals surface area (Å²) in [6, 6.07) is 1.79. The Morgan fingerprint density at radius 3 is 2.48 bits per heavy atom. The van der Waals surface area contributed by atoms with Crippen molar-refractivity contribution in [1.29, 1.82) is 0 Å². The van der Waals surface area contributed by atoms with Gasteiger partial charge in [0.15, 0.2) is 5.96 Å². The topological polar surface area (TPSA) is 117 Å². The molecule has 0 amide bonds. The molecule has 130 valence electrons. The van der Waals surface area contributed by atoms with Gasteiger partial charge in [0.2, 0.25) is 16.0 Å². The number of aromatic nitrogens is 2. The molecule has 2 rings (SSSR count). The van der Waals surface area contributed by atoms with Gasteiger partial charge in [-0.25, -0.2) is 23.1 Å². The summed E-state index contributed by atoms with van der Waals surface area (Å²) < 4.78 is 24.2. The van der Waals surface area contributed by atoms with E-state index in [1.165, 1.54) is 0 Å². The highest BCUT2D eigenvalue weighted by atomic mass is 127. The number of hydrogen-bond donors (Lipinski definition) is 2. The van der Waals surface area contributed by atoms with Crippen LogP contribution in [-0.4, -0.2) is 74.8 Å². The Kier molecular flexibility index (Phi) is 7.91. The summed E-state index contributed by atoms with van der Waals surface area (Å²) >= 11 is 0. The molecule has 1 aliphatic rings. The minimum atomic E-state index is -3.18. The van der Waals surface area contributed by atoms with Gasteiger partial charge in [0.1, 0.15) is 0 Å². The first kappa shape index (κ1) is 19.8. The van der Waals surface area contributed by atoms with E-state index in [0.717, 1.165) is 38.4 Å². The minimum absolute atomic E-state index is 0. The Bertz CT molecular complexity index is 603. The summed E-state index contributed by atoms with van der Waals surface area (Å²) in [5.74, 6) is 1.15. The Hall–Kier alpha value is -1.21. The van der Waals surface area contributed by atoms with Crippen molar-refractivity contribution in [2.45, 2.75) is 0 Å². The summed E-state index contributed by atoms with van der Waals surface area (Å²) in [5, 5.41) is 0. The lowest BCUT2D eigenvalue weighted by Crippen LogP contribution is -2.51. The fourth-order valence-corrected chi connectivity index (χ4v) is 2.55. The maximum Gasteiger partial charge on any atom is 0.225 e. The lowest BCUT2D eigenvalue weighted by molar-refractivity contribution is 0.378. The molecule has 0 unspecified atom stereocenters. The van der Waals surface area contributed by atoms with Crippen LogP contribution in [0.5, 0.6) is 0 Å². The van der Waals surface area contributed by atoms with Crippen LogP contribution in [0.3, 0.4) is 0 Å². The lowest BCUT2D eigenvalue weighted by atomic mass is 10.3. The highest BCUT2D eigenvalue weighted by molar-refractivity contribution is 14.0. The Labute approximate surface area is 153 Å². The number of hydrogen-bond acceptors (Lipinski definition) is 6. The van der Waals surface area contributed by atoms with Crippen molar-refractivity contribution in [3.8, 4) is 0 Å². The van der Waals surface area contributed by atoms with E-state index in [9.17, 15) is 8.42 Å². The second-order valence-electron chi connectivity index (χ2n) is 4.93. The Morgan fingerprint density at radius 1 is 1.30 bits per heavy atom. The van der Waals surface area contributed by atoms with E-state index < -0.39 is 10.0 Å². The number of nitrogens with one attached hydrogen (secondary N) is 1. The van der Waals surface area contributed by atoms with Crippen molar-refractivity contribution >= 4 is 45.9 Å². The maximum absolute atomic E-state index is 10.9. The van der Waals surface area contributed by atoms with Crippen LogP contribution in [-0.2, 0) is 10.0 Å². The zero-order valence-electron chi connectivity index (χ0n) is 12.9. The zero-order chi connectivity index (χ0) is 16.0. The molecule has 0 aromatic carbocycles. The van der Waals surface area contributed by atoms with E-state index in [0.29, 0.717) is 12.5 Å². The number of rotatable bonds is 5. The second kappa shape index (κ2) is 9.17. The first-order valence-corrected chi connectivity index (χ1v) is 8.86. The van der Waals surface area contributed by atoms with Crippen molar-refractivity contribution in [2.24, 2.45) is 10.7 Å². The summed E-state index contributed by atoms with van der Waals surface area (Å²) in [6.07, 6.45) is 4.56. The summed E-state index contributed by atoms with van der Waals surface area (Å²) in [4.78, 5) is 16.7. The molecule has 0 radical (unpaired) electrons. The standard InChI is InChI=1S/C12H21N7O2S.HI/c1-22(20,21)17-6-5-14-11(13)18-7-9-19(10-8-18)12-15-3-2-4-16-12;/h2-4,17H,5-10H2,1H3,(H2,13,14);1H. The van der Waals surface area contributed by atoms with Crippen LogP contribution in [0.2, 0.25) is 0 Å². The first-order valence-electron chi connectivity index (χ1n) is 6.97. The van der Waals surface area contributed by atoms with Gasteiger partial charge in [0.05, 0.1) is 12.8 Å². The van der Waals surface area contributed by atoms with E-state index >= 15 is 0 Å². The van der Waals surface area contributed by atoms with Gasteiger partial charge in [0.25, 0.3) is 0 Å². The predicted molar refractivity (Wildman–Crippen MR) is 101 cm³/mol. The van der Waals surface area contributed by atoms with E-state index in [4.69, 9.17) is 5.73 Å². The average molecular weight is 455 g/mol. The quantitative estimate of drug-likeness (QED) is 0.255. The Morgan fingerprint density at radius 2 is 1.91 bits per heavy atom. The normalized spacial score (nSPS) is 16.1. The lowest BCUT2D eigenvalue weighted by Gasteiger charge is -2.35. The van der Waals surface area contributed by atoms with Gasteiger partial charge >= 0.3 is 0 Å². The number of piperazine rings is 1. The van der Waals surface area contributed by atoms with Gasteiger partial charge in [-0.05, 0) is 6.07 Å². The van der Waals surface area contributed by atoms with E-state index in [-0.39, 0.29) is 30.5 Å². The monoisotopic (exact) mass is 455 g/mol. The Balaban J connectivity index is 0.00000264. The van der Waals surface area contributed by atoms with Crippen LogP contribution >= 0.6 is 24.0 Å². The number of guanidine groups is 1. The molecule has 3 N–H and O–H groups in total. The van der Waals surface area contributed by atoms with E-state index in [1.807, 2.05) is 4.90 Å². The zero-order valence-corrected chi connectivity index (χ0v) is 16.1. The average Bonchev–Trinajstić information content (AvgIpc) is 2.51. The van der Waals surface area contributed by atoms with Crippen molar-refractivity contribution in [1.82, 2.24) is 19.6 Å². The molecule has 0 spiro atoms. The summed E-state index contributed by atoms with van der Waals surface area (Å²) in [7, 11) is -3.18. The number of halogens is 1. The van der Waals surface area contributed by atoms with E-state index in [2.05, 4.69) is 24.6 Å². The van der Waals surface area contributed by atoms with Gasteiger partial charge in [-0.2, -0.15) is 0 Å². The summed E-state index contributed by atoms with van der Waals surface area (Å²) in [6.45, 7) is 3.56. The van der Waals surface area contributed by atoms with Gasteiger partial charge < -0.3 is 15.5 Å². The molecule has 0 aliphatic carbocycles. The van der Waals surface area contributed by atoms with Gasteiger partial charge in [0, 0.05) is 45.1 Å². The predicted octanol–water partition coefficient (Wildman–Crippen LogP) is -0.919. The van der Waals surface area contributed by atoms with Gasteiger partial charge in [-0.15, -0.1) is 24.0 Å². The molecule has 0 bridgehead atoms. The van der Waals surface area contributed by atoms with Crippen LogP contribution < -0.4 is 15.4 Å².